The van der Waals surface area contributed by atoms with Crippen LogP contribution in [0.1, 0.15) is 17.5 Å². The lowest BCUT2D eigenvalue weighted by Gasteiger charge is -2.27. The summed E-state index contributed by atoms with van der Waals surface area (Å²) >= 11 is 0. The molecule has 1 saturated heterocycles. The van der Waals surface area contributed by atoms with Gasteiger partial charge in [-0.25, -0.2) is 0 Å². The van der Waals surface area contributed by atoms with Crippen LogP contribution in [0.15, 0.2) is 18.2 Å². The lowest BCUT2D eigenvalue weighted by atomic mass is 10.1. The number of amidine groups is 1. The van der Waals surface area contributed by atoms with Crippen molar-refractivity contribution in [3.05, 3.63) is 29.3 Å². The Balaban J connectivity index is 2.34. The normalized spacial score (nSPS) is 19.3. The Hall–Kier alpha value is -1.55. The lowest BCUT2D eigenvalue weighted by molar-refractivity contribution is 0.193. The Morgan fingerprint density at radius 3 is 2.88 bits per heavy atom. The molecular formula is C13H19N3O. The molecule has 0 saturated carbocycles. The van der Waals surface area contributed by atoms with Crippen molar-refractivity contribution in [2.24, 2.45) is 5.73 Å². The highest BCUT2D eigenvalue weighted by molar-refractivity contribution is 6.00. The first-order chi connectivity index (χ1) is 8.09. The molecule has 1 aromatic carbocycles. The van der Waals surface area contributed by atoms with Crippen LogP contribution >= 0.6 is 0 Å². The molecule has 2 rings (SSSR count). The first-order valence-corrected chi connectivity index (χ1v) is 5.85. The average molecular weight is 233 g/mol. The van der Waals surface area contributed by atoms with Crippen molar-refractivity contribution in [2.45, 2.75) is 19.4 Å². The Morgan fingerprint density at radius 1 is 1.53 bits per heavy atom. The first kappa shape index (κ1) is 11.9. The topological polar surface area (TPSA) is 62.3 Å². The molecule has 1 atom stereocenters. The second-order valence-corrected chi connectivity index (χ2v) is 4.56. The van der Waals surface area contributed by atoms with E-state index < -0.39 is 0 Å². The van der Waals surface area contributed by atoms with Gasteiger partial charge in [0.25, 0.3) is 0 Å². The number of likely N-dealkylation sites (N-methyl/N-ethyl adjacent to an activating group) is 1. The fourth-order valence-electron chi connectivity index (χ4n) is 2.19. The number of benzene rings is 1. The predicted octanol–water partition coefficient (Wildman–Crippen LogP) is 1.50. The number of nitrogens with one attached hydrogen (secondary N) is 1. The molecule has 1 unspecified atom stereocenters. The van der Waals surface area contributed by atoms with E-state index >= 15 is 0 Å². The fourth-order valence-corrected chi connectivity index (χ4v) is 2.19. The summed E-state index contributed by atoms with van der Waals surface area (Å²) in [5, 5.41) is 7.63. The maximum absolute atomic E-state index is 7.63. The number of hydrogen-bond acceptors (Lipinski definition) is 3. The highest BCUT2D eigenvalue weighted by Crippen LogP contribution is 2.25. The SMILES string of the molecule is Cc1ccc(C(=N)N)c(N(C)C2CCOC2)c1. The van der Waals surface area contributed by atoms with Crippen LogP contribution in [0, 0.1) is 12.3 Å². The smallest absolute Gasteiger partial charge is 0.124 e. The third-order valence-electron chi connectivity index (χ3n) is 3.28. The Bertz CT molecular complexity index is 425. The Labute approximate surface area is 102 Å². The summed E-state index contributed by atoms with van der Waals surface area (Å²) < 4.78 is 5.40. The van der Waals surface area contributed by atoms with Crippen LogP contribution in [0.5, 0.6) is 0 Å². The van der Waals surface area contributed by atoms with Crippen molar-refractivity contribution in [3.8, 4) is 0 Å². The zero-order valence-corrected chi connectivity index (χ0v) is 10.4. The number of anilines is 1. The van der Waals surface area contributed by atoms with Crippen LogP contribution in [0.2, 0.25) is 0 Å². The van der Waals surface area contributed by atoms with Gasteiger partial charge in [-0.1, -0.05) is 6.07 Å². The van der Waals surface area contributed by atoms with Crippen LogP contribution in [0.3, 0.4) is 0 Å². The quantitative estimate of drug-likeness (QED) is 0.614. The third kappa shape index (κ3) is 2.42. The largest absolute Gasteiger partial charge is 0.384 e. The highest BCUT2D eigenvalue weighted by atomic mass is 16.5. The van der Waals surface area contributed by atoms with Gasteiger partial charge in [-0.3, -0.25) is 5.41 Å². The molecule has 1 aliphatic rings. The number of ether oxygens (including phenoxy) is 1. The molecule has 92 valence electrons. The maximum atomic E-state index is 7.63. The van der Waals surface area contributed by atoms with E-state index in [9.17, 15) is 0 Å². The summed E-state index contributed by atoms with van der Waals surface area (Å²) in [6, 6.07) is 6.36. The van der Waals surface area contributed by atoms with Gasteiger partial charge in [0.1, 0.15) is 5.84 Å². The van der Waals surface area contributed by atoms with Gasteiger partial charge < -0.3 is 15.4 Å². The predicted molar refractivity (Wildman–Crippen MR) is 69.8 cm³/mol. The van der Waals surface area contributed by atoms with E-state index in [0.29, 0.717) is 6.04 Å². The summed E-state index contributed by atoms with van der Waals surface area (Å²) in [7, 11) is 2.04. The zero-order chi connectivity index (χ0) is 12.4. The second kappa shape index (κ2) is 4.75. The van der Waals surface area contributed by atoms with Crippen LogP contribution in [-0.4, -0.2) is 32.1 Å². The molecule has 0 amide bonds. The van der Waals surface area contributed by atoms with Gasteiger partial charge in [0.2, 0.25) is 0 Å². The van der Waals surface area contributed by atoms with Gasteiger partial charge in [0.15, 0.2) is 0 Å². The Kier molecular flexibility index (Phi) is 3.33. The van der Waals surface area contributed by atoms with Gasteiger partial charge in [-0.15, -0.1) is 0 Å². The van der Waals surface area contributed by atoms with Crippen molar-refractivity contribution in [3.63, 3.8) is 0 Å². The van der Waals surface area contributed by atoms with Crippen molar-refractivity contribution < 1.29 is 4.74 Å². The Morgan fingerprint density at radius 2 is 2.29 bits per heavy atom. The molecule has 4 nitrogen and oxygen atoms in total. The van der Waals surface area contributed by atoms with E-state index in [1.165, 1.54) is 5.56 Å². The van der Waals surface area contributed by atoms with Gasteiger partial charge in [-0.2, -0.15) is 0 Å². The number of aryl methyl sites for hydroxylation is 1. The molecule has 1 aliphatic heterocycles. The van der Waals surface area contributed by atoms with E-state index in [0.717, 1.165) is 30.9 Å². The number of nitrogen functional groups attached to an aromatic ring is 1. The standard InChI is InChI=1S/C13H19N3O/c1-9-3-4-11(13(14)15)12(7-9)16(2)10-5-6-17-8-10/h3-4,7,10H,5-6,8H2,1-2H3,(H3,14,15). The zero-order valence-electron chi connectivity index (χ0n) is 10.4. The summed E-state index contributed by atoms with van der Waals surface area (Å²) in [5.74, 6) is 0.116. The van der Waals surface area contributed by atoms with Crippen molar-refractivity contribution >= 4 is 11.5 Å². The number of rotatable bonds is 3. The fraction of sp³-hybridized carbons (Fsp3) is 0.462. The average Bonchev–Trinajstić information content (AvgIpc) is 2.80. The van der Waals surface area contributed by atoms with Crippen LogP contribution < -0.4 is 10.6 Å². The summed E-state index contributed by atoms with van der Waals surface area (Å²) in [4.78, 5) is 2.18. The third-order valence-corrected chi connectivity index (χ3v) is 3.28. The molecule has 3 N–H and O–H groups in total. The minimum absolute atomic E-state index is 0.116. The van der Waals surface area contributed by atoms with Crippen molar-refractivity contribution in [1.29, 1.82) is 5.41 Å². The summed E-state index contributed by atoms with van der Waals surface area (Å²) in [6.07, 6.45) is 1.03. The minimum Gasteiger partial charge on any atom is -0.384 e. The van der Waals surface area contributed by atoms with Gasteiger partial charge >= 0.3 is 0 Å². The number of hydrogen-bond donors (Lipinski definition) is 2. The first-order valence-electron chi connectivity index (χ1n) is 5.85. The second-order valence-electron chi connectivity index (χ2n) is 4.56. The molecule has 0 spiro atoms. The molecule has 1 fully saturated rings. The number of nitrogens with zero attached hydrogens (tertiary/aromatic N) is 1. The highest BCUT2D eigenvalue weighted by Gasteiger charge is 2.22. The molecule has 0 radical (unpaired) electrons. The van der Waals surface area contributed by atoms with Crippen LogP contribution in [0.25, 0.3) is 0 Å². The minimum atomic E-state index is 0.116. The molecule has 4 heteroatoms. The number of nitrogens with two attached hydrogens (primary N) is 1. The molecule has 0 aliphatic carbocycles. The summed E-state index contributed by atoms with van der Waals surface area (Å²) in [5.41, 5.74) is 8.62. The van der Waals surface area contributed by atoms with E-state index in [1.54, 1.807) is 0 Å². The summed E-state index contributed by atoms with van der Waals surface area (Å²) in [6.45, 7) is 3.62. The molecular weight excluding hydrogens is 214 g/mol. The van der Waals surface area contributed by atoms with Gasteiger partial charge in [0, 0.05) is 24.9 Å². The lowest BCUT2D eigenvalue weighted by Crippen LogP contribution is -2.33. The molecule has 0 aromatic heterocycles. The van der Waals surface area contributed by atoms with Crippen LogP contribution in [-0.2, 0) is 4.74 Å². The maximum Gasteiger partial charge on any atom is 0.124 e. The molecule has 1 aromatic rings. The van der Waals surface area contributed by atoms with Crippen molar-refractivity contribution in [1.82, 2.24) is 0 Å². The van der Waals surface area contributed by atoms with E-state index in [2.05, 4.69) is 11.0 Å². The van der Waals surface area contributed by atoms with Crippen molar-refractivity contribution in [2.75, 3.05) is 25.2 Å². The molecule has 1 heterocycles. The van der Waals surface area contributed by atoms with E-state index in [-0.39, 0.29) is 5.84 Å². The molecule has 0 bridgehead atoms. The van der Waals surface area contributed by atoms with Gasteiger partial charge in [-0.05, 0) is 31.0 Å². The van der Waals surface area contributed by atoms with E-state index in [4.69, 9.17) is 15.9 Å². The molecule has 17 heavy (non-hydrogen) atoms. The van der Waals surface area contributed by atoms with Crippen LogP contribution in [0.4, 0.5) is 5.69 Å². The monoisotopic (exact) mass is 233 g/mol. The van der Waals surface area contributed by atoms with Gasteiger partial charge in [0.05, 0.1) is 12.6 Å². The van der Waals surface area contributed by atoms with E-state index in [1.807, 2.05) is 26.1 Å².